The Bertz CT molecular complexity index is 1280. The fraction of sp³-hybridized carbons (Fsp3) is 0.333. The molecule has 0 saturated heterocycles. The van der Waals surface area contributed by atoms with Crippen LogP contribution in [0.3, 0.4) is 0 Å². The maximum atomic E-state index is 13.6. The third-order valence-electron chi connectivity index (χ3n) is 6.71. The SMILES string of the molecule is COc1cc2c(c(C(=O)OCc3ccc(C(C)(C)C)cc3)c1)N(C(C(N)=O)c1ccc(F)cc1)CCC2. The summed E-state index contributed by atoms with van der Waals surface area (Å²) in [5, 5.41) is 0. The predicted octanol–water partition coefficient (Wildman–Crippen LogP) is 5.47. The van der Waals surface area contributed by atoms with Gasteiger partial charge in [0.1, 0.15) is 24.2 Å². The van der Waals surface area contributed by atoms with Gasteiger partial charge in [-0.1, -0.05) is 57.2 Å². The van der Waals surface area contributed by atoms with Gasteiger partial charge in [-0.15, -0.1) is 0 Å². The van der Waals surface area contributed by atoms with E-state index >= 15 is 0 Å². The number of nitrogens with two attached hydrogens (primary N) is 1. The fourth-order valence-electron chi connectivity index (χ4n) is 4.75. The van der Waals surface area contributed by atoms with Crippen LogP contribution >= 0.6 is 0 Å². The standard InChI is InChI=1S/C30H33FN2O4/c1-30(2,3)22-11-7-19(8-12-22)18-37-29(35)25-17-24(36-4)16-21-6-5-15-33(26(21)25)27(28(32)34)20-9-13-23(31)14-10-20/h7-14,16-17,27H,5-6,15,18H2,1-4H3,(H2,32,34). The number of esters is 1. The van der Waals surface area contributed by atoms with Crippen LogP contribution in [0.4, 0.5) is 10.1 Å². The minimum Gasteiger partial charge on any atom is -0.497 e. The summed E-state index contributed by atoms with van der Waals surface area (Å²) in [4.78, 5) is 27.9. The van der Waals surface area contributed by atoms with Crippen LogP contribution in [0.5, 0.6) is 5.75 Å². The highest BCUT2D eigenvalue weighted by molar-refractivity contribution is 5.99. The fourth-order valence-corrected chi connectivity index (χ4v) is 4.75. The van der Waals surface area contributed by atoms with Gasteiger partial charge in [-0.3, -0.25) is 4.79 Å². The molecule has 1 atom stereocenters. The Morgan fingerprint density at radius 1 is 1.05 bits per heavy atom. The van der Waals surface area contributed by atoms with Crippen LogP contribution in [0, 0.1) is 5.82 Å². The number of anilines is 1. The van der Waals surface area contributed by atoms with Crippen molar-refractivity contribution in [1.29, 1.82) is 0 Å². The van der Waals surface area contributed by atoms with Crippen LogP contribution in [-0.4, -0.2) is 25.5 Å². The van der Waals surface area contributed by atoms with E-state index in [0.717, 1.165) is 17.5 Å². The number of ether oxygens (including phenoxy) is 2. The Hall–Kier alpha value is -3.87. The largest absolute Gasteiger partial charge is 0.497 e. The maximum absolute atomic E-state index is 13.6. The van der Waals surface area contributed by atoms with Crippen LogP contribution in [0.25, 0.3) is 0 Å². The monoisotopic (exact) mass is 504 g/mol. The number of nitrogens with zero attached hydrogens (tertiary/aromatic N) is 1. The predicted molar refractivity (Wildman–Crippen MR) is 141 cm³/mol. The first-order valence-electron chi connectivity index (χ1n) is 12.4. The number of amides is 1. The van der Waals surface area contributed by atoms with Crippen molar-refractivity contribution in [3.05, 3.63) is 94.3 Å². The van der Waals surface area contributed by atoms with E-state index < -0.39 is 23.7 Å². The molecule has 4 rings (SSSR count). The van der Waals surface area contributed by atoms with E-state index in [1.165, 1.54) is 17.7 Å². The molecule has 1 aliphatic rings. The molecule has 194 valence electrons. The van der Waals surface area contributed by atoms with Crippen molar-refractivity contribution in [2.45, 2.75) is 51.7 Å². The average Bonchev–Trinajstić information content (AvgIpc) is 2.87. The number of primary amides is 1. The molecule has 1 amide bonds. The van der Waals surface area contributed by atoms with Gasteiger partial charge in [-0.2, -0.15) is 0 Å². The molecule has 0 saturated carbocycles. The molecule has 0 spiro atoms. The Morgan fingerprint density at radius 3 is 2.32 bits per heavy atom. The zero-order valence-electron chi connectivity index (χ0n) is 21.7. The van der Waals surface area contributed by atoms with E-state index in [9.17, 15) is 14.0 Å². The minimum atomic E-state index is -0.871. The summed E-state index contributed by atoms with van der Waals surface area (Å²) >= 11 is 0. The van der Waals surface area contributed by atoms with E-state index in [4.69, 9.17) is 15.2 Å². The highest BCUT2D eigenvalue weighted by Crippen LogP contribution is 2.40. The van der Waals surface area contributed by atoms with Crippen molar-refractivity contribution < 1.29 is 23.5 Å². The zero-order chi connectivity index (χ0) is 26.7. The van der Waals surface area contributed by atoms with Crippen LogP contribution in [0.1, 0.15) is 65.8 Å². The molecule has 0 aliphatic carbocycles. The summed E-state index contributed by atoms with van der Waals surface area (Å²) in [6.45, 7) is 7.03. The molecule has 7 heteroatoms. The lowest BCUT2D eigenvalue weighted by atomic mass is 9.87. The number of aryl methyl sites for hydroxylation is 1. The normalized spacial score (nSPS) is 14.0. The lowest BCUT2D eigenvalue weighted by Gasteiger charge is -2.38. The van der Waals surface area contributed by atoms with Crippen molar-refractivity contribution >= 4 is 17.6 Å². The van der Waals surface area contributed by atoms with E-state index in [0.29, 0.717) is 35.5 Å². The Morgan fingerprint density at radius 2 is 1.73 bits per heavy atom. The zero-order valence-corrected chi connectivity index (χ0v) is 21.7. The number of hydrogen-bond donors (Lipinski definition) is 1. The Balaban J connectivity index is 1.68. The van der Waals surface area contributed by atoms with E-state index in [2.05, 4.69) is 20.8 Å². The van der Waals surface area contributed by atoms with Gasteiger partial charge in [-0.05, 0) is 64.8 Å². The Kier molecular flexibility index (Phi) is 7.52. The topological polar surface area (TPSA) is 81.9 Å². The molecule has 37 heavy (non-hydrogen) atoms. The van der Waals surface area contributed by atoms with Gasteiger partial charge < -0.3 is 20.1 Å². The summed E-state index contributed by atoms with van der Waals surface area (Å²) in [7, 11) is 1.54. The number of fused-ring (bicyclic) bond motifs is 1. The van der Waals surface area contributed by atoms with Crippen molar-refractivity contribution in [3.63, 3.8) is 0 Å². The van der Waals surface area contributed by atoms with Crippen LogP contribution in [0.15, 0.2) is 60.7 Å². The smallest absolute Gasteiger partial charge is 0.340 e. The molecular formula is C30H33FN2O4. The molecule has 0 aromatic heterocycles. The van der Waals surface area contributed by atoms with Gasteiger partial charge >= 0.3 is 5.97 Å². The third-order valence-corrected chi connectivity index (χ3v) is 6.71. The van der Waals surface area contributed by atoms with E-state index in [1.807, 2.05) is 35.2 Å². The molecule has 1 aliphatic heterocycles. The number of hydrogen-bond acceptors (Lipinski definition) is 5. The molecule has 6 nitrogen and oxygen atoms in total. The number of carbonyl (C=O) groups is 2. The molecule has 1 heterocycles. The third kappa shape index (κ3) is 5.77. The molecule has 3 aromatic carbocycles. The van der Waals surface area contributed by atoms with Crippen molar-refractivity contribution in [1.82, 2.24) is 0 Å². The highest BCUT2D eigenvalue weighted by atomic mass is 19.1. The number of halogens is 1. The van der Waals surface area contributed by atoms with Gasteiger partial charge in [0, 0.05) is 6.54 Å². The van der Waals surface area contributed by atoms with E-state index in [1.54, 1.807) is 25.3 Å². The van der Waals surface area contributed by atoms with Gasteiger partial charge in [0.2, 0.25) is 5.91 Å². The summed E-state index contributed by atoms with van der Waals surface area (Å²) in [5.74, 6) is -0.993. The minimum absolute atomic E-state index is 0.0276. The molecule has 0 radical (unpaired) electrons. The van der Waals surface area contributed by atoms with E-state index in [-0.39, 0.29) is 12.0 Å². The van der Waals surface area contributed by atoms with Crippen LogP contribution < -0.4 is 15.4 Å². The number of rotatable bonds is 7. The van der Waals surface area contributed by atoms with Gasteiger partial charge in [0.25, 0.3) is 0 Å². The second-order valence-corrected chi connectivity index (χ2v) is 10.4. The summed E-state index contributed by atoms with van der Waals surface area (Å²) < 4.78 is 24.8. The lowest BCUT2D eigenvalue weighted by Crippen LogP contribution is -2.41. The second kappa shape index (κ2) is 10.6. The summed E-state index contributed by atoms with van der Waals surface area (Å²) in [6.07, 6.45) is 1.45. The molecule has 0 bridgehead atoms. The summed E-state index contributed by atoms with van der Waals surface area (Å²) in [6, 6.07) is 16.3. The van der Waals surface area contributed by atoms with Crippen LogP contribution in [0.2, 0.25) is 0 Å². The molecular weight excluding hydrogens is 471 g/mol. The maximum Gasteiger partial charge on any atom is 0.340 e. The first kappa shape index (κ1) is 26.2. The van der Waals surface area contributed by atoms with Gasteiger partial charge in [-0.25, -0.2) is 9.18 Å². The van der Waals surface area contributed by atoms with Crippen LogP contribution in [-0.2, 0) is 28.0 Å². The number of benzene rings is 3. The molecule has 2 N–H and O–H groups in total. The van der Waals surface area contributed by atoms with Gasteiger partial charge in [0.05, 0.1) is 18.4 Å². The average molecular weight is 505 g/mol. The summed E-state index contributed by atoms with van der Waals surface area (Å²) in [5.41, 5.74) is 10.2. The lowest BCUT2D eigenvalue weighted by molar-refractivity contribution is -0.119. The van der Waals surface area contributed by atoms with Gasteiger partial charge in [0.15, 0.2) is 0 Å². The number of carbonyl (C=O) groups excluding carboxylic acids is 2. The van der Waals surface area contributed by atoms with Crippen molar-refractivity contribution in [3.8, 4) is 5.75 Å². The number of methoxy groups -OCH3 is 1. The first-order chi connectivity index (χ1) is 17.6. The quantitative estimate of drug-likeness (QED) is 0.432. The molecule has 1 unspecified atom stereocenters. The highest BCUT2D eigenvalue weighted by Gasteiger charge is 2.34. The first-order valence-corrected chi connectivity index (χ1v) is 12.4. The Labute approximate surface area is 217 Å². The van der Waals surface area contributed by atoms with Crippen molar-refractivity contribution in [2.75, 3.05) is 18.6 Å². The second-order valence-electron chi connectivity index (χ2n) is 10.4. The molecule has 3 aromatic rings. The molecule has 0 fully saturated rings. The van der Waals surface area contributed by atoms with Crippen molar-refractivity contribution in [2.24, 2.45) is 5.73 Å².